The van der Waals surface area contributed by atoms with Gasteiger partial charge in [-0.05, 0) is 30.3 Å². The second kappa shape index (κ2) is 9.63. The van der Waals surface area contributed by atoms with E-state index in [1.54, 1.807) is 12.1 Å². The number of nitrogens with one attached hydrogen (secondary N) is 1. The highest BCUT2D eigenvalue weighted by Gasteiger charge is 2.31. The minimum Gasteiger partial charge on any atom is -0.497 e. The fourth-order valence-corrected chi connectivity index (χ4v) is 3.97. The zero-order valence-corrected chi connectivity index (χ0v) is 18.0. The number of halogens is 3. The predicted octanol–water partition coefficient (Wildman–Crippen LogP) is 3.23. The quantitative estimate of drug-likeness (QED) is 0.385. The molecule has 0 aliphatic heterocycles. The summed E-state index contributed by atoms with van der Waals surface area (Å²) in [6, 6.07) is 9.17. The van der Waals surface area contributed by atoms with Gasteiger partial charge in [0.2, 0.25) is 10.0 Å². The highest BCUT2D eigenvalue weighted by Crippen LogP contribution is 2.30. The Labute approximate surface area is 186 Å². The summed E-state index contributed by atoms with van der Waals surface area (Å²) in [6.07, 6.45) is -5.08. The van der Waals surface area contributed by atoms with Crippen molar-refractivity contribution < 1.29 is 40.3 Å². The molecule has 1 aromatic heterocycles. The largest absolute Gasteiger partial charge is 0.497 e. The van der Waals surface area contributed by atoms with Gasteiger partial charge in [-0.2, -0.15) is 13.2 Å². The van der Waals surface area contributed by atoms with Crippen molar-refractivity contribution in [1.82, 2.24) is 4.72 Å². The Morgan fingerprint density at radius 3 is 2.58 bits per heavy atom. The van der Waals surface area contributed by atoms with E-state index in [9.17, 15) is 31.2 Å². The number of hydrogen-bond acceptors (Lipinski definition) is 7. The fraction of sp³-hybridized carbons (Fsp3) is 0.238. The molecule has 12 heteroatoms. The molecule has 1 N–H and O–H groups in total. The van der Waals surface area contributed by atoms with Crippen LogP contribution in [-0.4, -0.2) is 28.0 Å². The van der Waals surface area contributed by atoms with E-state index in [0.717, 1.165) is 18.2 Å². The van der Waals surface area contributed by atoms with Crippen molar-refractivity contribution in [2.75, 3.05) is 13.7 Å². The Balaban J connectivity index is 1.60. The number of hydrogen-bond donors (Lipinski definition) is 1. The van der Waals surface area contributed by atoms with E-state index in [1.807, 2.05) is 0 Å². The van der Waals surface area contributed by atoms with Gasteiger partial charge in [0, 0.05) is 29.6 Å². The van der Waals surface area contributed by atoms with E-state index in [0.29, 0.717) is 22.8 Å². The number of ether oxygens (including phenoxy) is 2. The highest BCUT2D eigenvalue weighted by molar-refractivity contribution is 7.89. The first-order valence-corrected chi connectivity index (χ1v) is 10.9. The standard InChI is InChI=1S/C21H18F3NO7S/c1-30-15-5-6-17-13(9-20(27)32-18(17)11-15)12-31-19(26)7-8-25-33(28,29)16-4-2-3-14(10-16)21(22,23)24/h2-6,9-11,25H,7-8,12H2,1H3. The maximum Gasteiger partial charge on any atom is 0.416 e. The summed E-state index contributed by atoms with van der Waals surface area (Å²) in [5.74, 6) is -0.315. The van der Waals surface area contributed by atoms with Crippen LogP contribution in [0.2, 0.25) is 0 Å². The van der Waals surface area contributed by atoms with Gasteiger partial charge in [0.1, 0.15) is 17.9 Å². The van der Waals surface area contributed by atoms with Crippen LogP contribution in [0.25, 0.3) is 11.0 Å². The van der Waals surface area contributed by atoms with E-state index in [4.69, 9.17) is 13.9 Å². The van der Waals surface area contributed by atoms with Crippen LogP contribution < -0.4 is 15.1 Å². The summed E-state index contributed by atoms with van der Waals surface area (Å²) < 4.78 is 80.1. The minimum atomic E-state index is -4.70. The molecular formula is C21H18F3NO7S. The maximum absolute atomic E-state index is 12.8. The van der Waals surface area contributed by atoms with E-state index in [-0.39, 0.29) is 18.6 Å². The van der Waals surface area contributed by atoms with Crippen molar-refractivity contribution in [3.63, 3.8) is 0 Å². The third kappa shape index (κ3) is 6.11. The molecule has 3 aromatic rings. The summed E-state index contributed by atoms with van der Waals surface area (Å²) >= 11 is 0. The van der Waals surface area contributed by atoms with E-state index in [2.05, 4.69) is 4.72 Å². The SMILES string of the molecule is COc1ccc2c(COC(=O)CCNS(=O)(=O)c3cccc(C(F)(F)F)c3)cc(=O)oc2c1. The Kier molecular flexibility index (Phi) is 7.08. The lowest BCUT2D eigenvalue weighted by atomic mass is 10.1. The molecule has 2 aromatic carbocycles. The highest BCUT2D eigenvalue weighted by atomic mass is 32.2. The van der Waals surface area contributed by atoms with Gasteiger partial charge < -0.3 is 13.9 Å². The first kappa shape index (κ1) is 24.3. The summed E-state index contributed by atoms with van der Waals surface area (Å²) in [6.45, 7) is -0.667. The van der Waals surface area contributed by atoms with Crippen molar-refractivity contribution in [3.8, 4) is 5.75 Å². The van der Waals surface area contributed by atoms with Gasteiger partial charge in [-0.15, -0.1) is 0 Å². The number of esters is 1. The van der Waals surface area contributed by atoms with Gasteiger partial charge in [-0.25, -0.2) is 17.9 Å². The normalized spacial score (nSPS) is 12.0. The lowest BCUT2D eigenvalue weighted by molar-refractivity contribution is -0.144. The average molecular weight is 485 g/mol. The number of methoxy groups -OCH3 is 1. The summed E-state index contributed by atoms with van der Waals surface area (Å²) in [5.41, 5.74) is -1.15. The van der Waals surface area contributed by atoms with Gasteiger partial charge >= 0.3 is 17.8 Å². The Morgan fingerprint density at radius 1 is 1.12 bits per heavy atom. The van der Waals surface area contributed by atoms with E-state index in [1.165, 1.54) is 19.2 Å². The molecule has 0 saturated carbocycles. The second-order valence-corrected chi connectivity index (χ2v) is 8.55. The molecule has 33 heavy (non-hydrogen) atoms. The third-order valence-electron chi connectivity index (χ3n) is 4.52. The molecule has 0 saturated heterocycles. The van der Waals surface area contributed by atoms with Gasteiger partial charge in [-0.3, -0.25) is 4.79 Å². The van der Waals surface area contributed by atoms with E-state index >= 15 is 0 Å². The molecule has 0 aliphatic rings. The molecule has 0 unspecified atom stereocenters. The van der Waals surface area contributed by atoms with Crippen molar-refractivity contribution in [2.24, 2.45) is 0 Å². The molecule has 176 valence electrons. The minimum absolute atomic E-state index is 0.238. The Bertz CT molecular complexity index is 1330. The van der Waals surface area contributed by atoms with Gasteiger partial charge in [0.25, 0.3) is 0 Å². The topological polar surface area (TPSA) is 112 Å². The first-order valence-electron chi connectivity index (χ1n) is 9.43. The molecule has 0 bridgehead atoms. The zero-order chi connectivity index (χ0) is 24.2. The number of fused-ring (bicyclic) bond motifs is 1. The van der Waals surface area contributed by atoms with Crippen molar-refractivity contribution >= 4 is 27.0 Å². The lowest BCUT2D eigenvalue weighted by Gasteiger charge is -2.11. The smallest absolute Gasteiger partial charge is 0.416 e. The molecule has 3 rings (SSSR count). The monoisotopic (exact) mass is 485 g/mol. The molecular weight excluding hydrogens is 467 g/mol. The molecule has 0 spiro atoms. The molecule has 8 nitrogen and oxygen atoms in total. The van der Waals surface area contributed by atoms with Gasteiger partial charge in [0.15, 0.2) is 0 Å². The van der Waals surface area contributed by atoms with Crippen molar-refractivity contribution in [3.05, 3.63) is 70.1 Å². The maximum atomic E-state index is 12.8. The predicted molar refractivity (Wildman–Crippen MR) is 110 cm³/mol. The van der Waals surface area contributed by atoms with Crippen molar-refractivity contribution in [2.45, 2.75) is 24.1 Å². The van der Waals surface area contributed by atoms with Crippen LogP contribution in [0.15, 0.2) is 62.6 Å². The average Bonchev–Trinajstić information content (AvgIpc) is 2.76. The third-order valence-corrected chi connectivity index (χ3v) is 5.98. The zero-order valence-electron chi connectivity index (χ0n) is 17.1. The summed E-state index contributed by atoms with van der Waals surface area (Å²) in [5, 5.41) is 0.522. The fourth-order valence-electron chi connectivity index (χ4n) is 2.90. The Morgan fingerprint density at radius 2 is 1.88 bits per heavy atom. The van der Waals surface area contributed by atoms with Crippen LogP contribution in [0, 0.1) is 0 Å². The van der Waals surface area contributed by atoms with Crippen LogP contribution in [0.1, 0.15) is 17.5 Å². The molecule has 0 atom stereocenters. The molecule has 0 radical (unpaired) electrons. The van der Waals surface area contributed by atoms with Crippen LogP contribution >= 0.6 is 0 Å². The number of benzene rings is 2. The van der Waals surface area contributed by atoms with Crippen LogP contribution in [0.3, 0.4) is 0 Å². The van der Waals surface area contributed by atoms with Gasteiger partial charge in [0.05, 0.1) is 24.0 Å². The number of sulfonamides is 1. The van der Waals surface area contributed by atoms with Crippen LogP contribution in [-0.2, 0) is 32.3 Å². The number of rotatable bonds is 8. The number of alkyl halides is 3. The molecule has 0 fully saturated rings. The number of carbonyl (C=O) groups excluding carboxylic acids is 1. The molecule has 0 amide bonds. The summed E-state index contributed by atoms with van der Waals surface area (Å²) in [4.78, 5) is 23.2. The molecule has 1 heterocycles. The van der Waals surface area contributed by atoms with Crippen molar-refractivity contribution in [1.29, 1.82) is 0 Å². The number of carbonyl (C=O) groups is 1. The second-order valence-electron chi connectivity index (χ2n) is 6.79. The van der Waals surface area contributed by atoms with Crippen LogP contribution in [0.4, 0.5) is 13.2 Å². The van der Waals surface area contributed by atoms with E-state index < -0.39 is 44.8 Å². The molecule has 0 aliphatic carbocycles. The van der Waals surface area contributed by atoms with Gasteiger partial charge in [-0.1, -0.05) is 6.07 Å². The first-order chi connectivity index (χ1) is 15.5. The lowest BCUT2D eigenvalue weighted by Crippen LogP contribution is -2.27. The van der Waals surface area contributed by atoms with Crippen LogP contribution in [0.5, 0.6) is 5.75 Å². The Hall–Kier alpha value is -3.38. The summed E-state index contributed by atoms with van der Waals surface area (Å²) in [7, 11) is -2.82.